The lowest BCUT2D eigenvalue weighted by Crippen LogP contribution is -2.44. The molecule has 1 aromatic heterocycles. The Morgan fingerprint density at radius 2 is 2.24 bits per heavy atom. The van der Waals surface area contributed by atoms with Crippen molar-refractivity contribution in [3.8, 4) is 0 Å². The van der Waals surface area contributed by atoms with Gasteiger partial charge in [0.05, 0.1) is 0 Å². The quantitative estimate of drug-likeness (QED) is 0.785. The number of hydrogen-bond donors (Lipinski definition) is 2. The number of rotatable bonds is 6. The normalized spacial score (nSPS) is 17.5. The maximum Gasteiger partial charge on any atom is 0.0300 e. The van der Waals surface area contributed by atoms with Gasteiger partial charge in [0.15, 0.2) is 0 Å². The molecule has 2 heterocycles. The van der Waals surface area contributed by atoms with E-state index in [1.807, 2.05) is 11.3 Å². The molecule has 1 aliphatic heterocycles. The van der Waals surface area contributed by atoms with Crippen LogP contribution in [0.2, 0.25) is 0 Å². The van der Waals surface area contributed by atoms with Gasteiger partial charge in [-0.2, -0.15) is 0 Å². The van der Waals surface area contributed by atoms with Crippen LogP contribution < -0.4 is 10.6 Å². The molecule has 96 valence electrons. The van der Waals surface area contributed by atoms with Crippen LogP contribution in [0.5, 0.6) is 0 Å². The number of hydrogen-bond acceptors (Lipinski definition) is 4. The Hall–Kier alpha value is 0.0600. The van der Waals surface area contributed by atoms with E-state index < -0.39 is 0 Å². The maximum absolute atomic E-state index is 3.50. The first-order valence-electron chi connectivity index (χ1n) is 6.21. The van der Waals surface area contributed by atoms with Crippen LogP contribution >= 0.6 is 27.3 Å². The van der Waals surface area contributed by atoms with Crippen LogP contribution in [0, 0.1) is 0 Å². The first-order valence-corrected chi connectivity index (χ1v) is 7.88. The number of nitrogens with zero attached hydrogens (tertiary/aromatic N) is 1. The minimum atomic E-state index is 0.998. The largest absolute Gasteiger partial charge is 0.314 e. The van der Waals surface area contributed by atoms with Crippen LogP contribution in [0.25, 0.3) is 0 Å². The summed E-state index contributed by atoms with van der Waals surface area (Å²) in [4.78, 5) is 3.94. The topological polar surface area (TPSA) is 27.3 Å². The smallest absolute Gasteiger partial charge is 0.0300 e. The highest BCUT2D eigenvalue weighted by molar-refractivity contribution is 9.10. The average molecular weight is 318 g/mol. The van der Waals surface area contributed by atoms with Crippen molar-refractivity contribution >= 4 is 27.3 Å². The maximum atomic E-state index is 3.50. The van der Waals surface area contributed by atoms with Crippen LogP contribution in [0.1, 0.15) is 11.3 Å². The molecule has 1 fully saturated rings. The summed E-state index contributed by atoms with van der Waals surface area (Å²) in [5.41, 5.74) is 0. The Kier molecular flexibility index (Phi) is 5.94. The summed E-state index contributed by atoms with van der Waals surface area (Å²) in [6.45, 7) is 8.04. The van der Waals surface area contributed by atoms with Crippen molar-refractivity contribution in [1.29, 1.82) is 0 Å². The van der Waals surface area contributed by atoms with Crippen molar-refractivity contribution in [2.75, 3.05) is 39.3 Å². The first-order chi connectivity index (χ1) is 8.34. The van der Waals surface area contributed by atoms with Crippen LogP contribution in [0.4, 0.5) is 0 Å². The molecule has 5 heteroatoms. The van der Waals surface area contributed by atoms with E-state index in [9.17, 15) is 0 Å². The molecule has 0 bridgehead atoms. The van der Waals surface area contributed by atoms with E-state index in [1.165, 1.54) is 35.4 Å². The summed E-state index contributed by atoms with van der Waals surface area (Å²) < 4.78 is 1.19. The second-order valence-electron chi connectivity index (χ2n) is 4.35. The lowest BCUT2D eigenvalue weighted by molar-refractivity contribution is 0.237. The highest BCUT2D eigenvalue weighted by Crippen LogP contribution is 2.19. The third-order valence-electron chi connectivity index (χ3n) is 2.96. The molecule has 0 atom stereocenters. The van der Waals surface area contributed by atoms with Gasteiger partial charge in [-0.15, -0.1) is 11.3 Å². The van der Waals surface area contributed by atoms with Crippen molar-refractivity contribution < 1.29 is 0 Å². The molecule has 0 unspecified atom stereocenters. The lowest BCUT2D eigenvalue weighted by Gasteiger charge is -2.27. The minimum absolute atomic E-state index is 0.998. The fourth-order valence-electron chi connectivity index (χ4n) is 2.02. The van der Waals surface area contributed by atoms with Gasteiger partial charge in [0, 0.05) is 47.5 Å². The predicted octanol–water partition coefficient (Wildman–Crippen LogP) is 1.90. The van der Waals surface area contributed by atoms with Gasteiger partial charge in [-0.3, -0.25) is 0 Å². The molecular formula is C12H20BrN3S. The predicted molar refractivity (Wildman–Crippen MR) is 77.7 cm³/mol. The number of halogens is 1. The van der Waals surface area contributed by atoms with E-state index in [-0.39, 0.29) is 0 Å². The zero-order chi connectivity index (χ0) is 11.9. The summed E-state index contributed by atoms with van der Waals surface area (Å²) in [5.74, 6) is 0. The van der Waals surface area contributed by atoms with Gasteiger partial charge in [0.25, 0.3) is 0 Å². The molecular weight excluding hydrogens is 298 g/mol. The van der Waals surface area contributed by atoms with Gasteiger partial charge in [-0.25, -0.2) is 0 Å². The number of thiophene rings is 1. The highest BCUT2D eigenvalue weighted by Gasteiger charge is 2.07. The van der Waals surface area contributed by atoms with Crippen LogP contribution in [-0.2, 0) is 6.54 Å². The van der Waals surface area contributed by atoms with E-state index in [2.05, 4.69) is 42.9 Å². The summed E-state index contributed by atoms with van der Waals surface area (Å²) in [7, 11) is 0. The lowest BCUT2D eigenvalue weighted by atomic mass is 10.3. The zero-order valence-electron chi connectivity index (χ0n) is 10.0. The molecule has 1 aliphatic rings. The van der Waals surface area contributed by atoms with Crippen molar-refractivity contribution in [3.05, 3.63) is 20.8 Å². The zero-order valence-corrected chi connectivity index (χ0v) is 12.4. The molecule has 2 N–H and O–H groups in total. The fourth-order valence-corrected chi connectivity index (χ4v) is 3.44. The Balaban J connectivity index is 1.51. The van der Waals surface area contributed by atoms with E-state index in [0.717, 1.165) is 26.2 Å². The summed E-state index contributed by atoms with van der Waals surface area (Å²) in [6, 6.07) is 2.19. The van der Waals surface area contributed by atoms with E-state index in [1.54, 1.807) is 0 Å². The second kappa shape index (κ2) is 7.48. The Bertz CT molecular complexity index is 323. The molecule has 0 radical (unpaired) electrons. The number of piperazine rings is 1. The highest BCUT2D eigenvalue weighted by atomic mass is 79.9. The summed E-state index contributed by atoms with van der Waals surface area (Å²) in [5, 5.41) is 9.02. The molecule has 0 saturated carbocycles. The SMILES string of the molecule is Brc1csc(CNCCCN2CCNCC2)c1. The fraction of sp³-hybridized carbons (Fsp3) is 0.667. The monoisotopic (exact) mass is 317 g/mol. The molecule has 3 nitrogen and oxygen atoms in total. The van der Waals surface area contributed by atoms with Crippen molar-refractivity contribution in [2.45, 2.75) is 13.0 Å². The van der Waals surface area contributed by atoms with Crippen LogP contribution in [0.3, 0.4) is 0 Å². The van der Waals surface area contributed by atoms with Crippen LogP contribution in [-0.4, -0.2) is 44.2 Å². The Morgan fingerprint density at radius 1 is 1.41 bits per heavy atom. The standard InChI is InChI=1S/C12H20BrN3S/c13-11-8-12(17-10-11)9-15-2-1-5-16-6-3-14-4-7-16/h8,10,14-15H,1-7,9H2. The average Bonchev–Trinajstić information content (AvgIpc) is 2.76. The van der Waals surface area contributed by atoms with Gasteiger partial charge < -0.3 is 15.5 Å². The summed E-state index contributed by atoms with van der Waals surface area (Å²) >= 11 is 5.28. The van der Waals surface area contributed by atoms with Crippen molar-refractivity contribution in [2.24, 2.45) is 0 Å². The van der Waals surface area contributed by atoms with Gasteiger partial charge in [-0.1, -0.05) is 0 Å². The molecule has 0 aliphatic carbocycles. The Labute approximate surface area is 116 Å². The van der Waals surface area contributed by atoms with Gasteiger partial charge in [0.1, 0.15) is 0 Å². The van der Waals surface area contributed by atoms with E-state index >= 15 is 0 Å². The van der Waals surface area contributed by atoms with Gasteiger partial charge >= 0.3 is 0 Å². The van der Waals surface area contributed by atoms with Gasteiger partial charge in [-0.05, 0) is 41.5 Å². The molecule has 1 saturated heterocycles. The number of nitrogens with one attached hydrogen (secondary N) is 2. The van der Waals surface area contributed by atoms with Crippen molar-refractivity contribution in [1.82, 2.24) is 15.5 Å². The minimum Gasteiger partial charge on any atom is -0.314 e. The molecule has 2 rings (SSSR count). The first kappa shape index (κ1) is 13.5. The van der Waals surface area contributed by atoms with E-state index in [4.69, 9.17) is 0 Å². The molecule has 0 amide bonds. The molecule has 0 aromatic carbocycles. The van der Waals surface area contributed by atoms with Gasteiger partial charge in [0.2, 0.25) is 0 Å². The molecule has 1 aromatic rings. The molecule has 0 spiro atoms. The summed E-state index contributed by atoms with van der Waals surface area (Å²) in [6.07, 6.45) is 1.24. The third kappa shape index (κ3) is 5.06. The third-order valence-corrected chi connectivity index (χ3v) is 4.66. The molecule has 17 heavy (non-hydrogen) atoms. The van der Waals surface area contributed by atoms with Crippen molar-refractivity contribution in [3.63, 3.8) is 0 Å². The van der Waals surface area contributed by atoms with E-state index in [0.29, 0.717) is 0 Å². The second-order valence-corrected chi connectivity index (χ2v) is 6.26. The van der Waals surface area contributed by atoms with Crippen LogP contribution in [0.15, 0.2) is 15.9 Å². The Morgan fingerprint density at radius 3 is 2.94 bits per heavy atom.